The lowest BCUT2D eigenvalue weighted by atomic mass is 10.3. The first-order chi connectivity index (χ1) is 10.3. The molecule has 0 bridgehead atoms. The molecule has 0 saturated carbocycles. The maximum absolute atomic E-state index is 11.9. The Morgan fingerprint density at radius 2 is 2.14 bits per heavy atom. The monoisotopic (exact) mass is 334 g/mol. The van der Waals surface area contributed by atoms with Crippen LogP contribution in [-0.4, -0.2) is 44.9 Å². The molecule has 0 aliphatic heterocycles. The summed E-state index contributed by atoms with van der Waals surface area (Å²) in [6.45, 7) is -1.98. The molecule has 12 heteroatoms. The fourth-order valence-electron chi connectivity index (χ4n) is 1.34. The quantitative estimate of drug-likeness (QED) is 0.861. The fourth-order valence-corrected chi connectivity index (χ4v) is 1.97. The average molecular weight is 334 g/mol. The van der Waals surface area contributed by atoms with Gasteiger partial charge < -0.3 is 5.32 Å². The minimum absolute atomic E-state index is 0.301. The van der Waals surface area contributed by atoms with Gasteiger partial charge in [0.15, 0.2) is 0 Å². The first-order valence-corrected chi connectivity index (χ1v) is 6.72. The molecule has 2 N–H and O–H groups in total. The summed E-state index contributed by atoms with van der Waals surface area (Å²) in [5, 5.41) is 18.1. The van der Waals surface area contributed by atoms with Crippen molar-refractivity contribution in [3.8, 4) is 11.4 Å². The molecule has 2 heterocycles. The van der Waals surface area contributed by atoms with Crippen LogP contribution in [0.1, 0.15) is 0 Å². The Bertz CT molecular complexity index is 654. The number of rotatable bonds is 4. The number of hydrogen-bond acceptors (Lipinski definition) is 6. The molecule has 2 rings (SSSR count). The van der Waals surface area contributed by atoms with Crippen LogP contribution < -0.4 is 10.6 Å². The van der Waals surface area contributed by atoms with Gasteiger partial charge in [0.2, 0.25) is 5.82 Å². The number of aromatic nitrogens is 4. The number of thiophene rings is 1. The van der Waals surface area contributed by atoms with Gasteiger partial charge in [-0.1, -0.05) is 0 Å². The average Bonchev–Trinajstić information content (AvgIpc) is 3.05. The maximum atomic E-state index is 11.9. The van der Waals surface area contributed by atoms with E-state index in [9.17, 15) is 22.8 Å². The Balaban J connectivity index is 1.83. The number of halogens is 3. The molecule has 0 saturated heterocycles. The van der Waals surface area contributed by atoms with Crippen molar-refractivity contribution in [3.63, 3.8) is 0 Å². The highest BCUT2D eigenvalue weighted by Crippen LogP contribution is 2.16. The maximum Gasteiger partial charge on any atom is 0.405 e. The molecule has 0 atom stereocenters. The summed E-state index contributed by atoms with van der Waals surface area (Å²) in [6, 6.07) is 0.511. The Morgan fingerprint density at radius 3 is 2.77 bits per heavy atom. The number of imide groups is 1. The van der Waals surface area contributed by atoms with E-state index in [4.69, 9.17) is 0 Å². The van der Waals surface area contributed by atoms with Gasteiger partial charge in [0.1, 0.15) is 13.1 Å². The number of carbonyl (C=O) groups excluding carboxylic acids is 2. The van der Waals surface area contributed by atoms with Crippen molar-refractivity contribution in [2.75, 3.05) is 6.54 Å². The van der Waals surface area contributed by atoms with Gasteiger partial charge in [-0.25, -0.2) is 4.79 Å². The van der Waals surface area contributed by atoms with E-state index in [0.717, 1.165) is 10.4 Å². The molecule has 2 aromatic heterocycles. The number of nitrogens with zero attached hydrogens (tertiary/aromatic N) is 4. The molecule has 0 aliphatic rings. The number of nitrogens with one attached hydrogen (secondary N) is 2. The third-order valence-electron chi connectivity index (χ3n) is 2.22. The van der Waals surface area contributed by atoms with Crippen molar-refractivity contribution in [1.29, 1.82) is 0 Å². The molecule has 118 valence electrons. The van der Waals surface area contributed by atoms with E-state index < -0.39 is 31.2 Å². The zero-order valence-electron chi connectivity index (χ0n) is 10.8. The minimum atomic E-state index is -4.55. The molecule has 2 aromatic rings. The smallest absolute Gasteiger partial charge is 0.329 e. The summed E-state index contributed by atoms with van der Waals surface area (Å²) in [5.41, 5.74) is 0.722. The molecule has 0 spiro atoms. The summed E-state index contributed by atoms with van der Waals surface area (Å²) in [7, 11) is 0. The third kappa shape index (κ3) is 4.80. The van der Waals surface area contributed by atoms with Crippen LogP contribution in [-0.2, 0) is 11.3 Å². The van der Waals surface area contributed by atoms with Crippen LogP contribution in [0.5, 0.6) is 0 Å². The van der Waals surface area contributed by atoms with E-state index in [2.05, 4.69) is 15.4 Å². The molecule has 0 radical (unpaired) electrons. The second-order valence-electron chi connectivity index (χ2n) is 4.00. The van der Waals surface area contributed by atoms with Crippen molar-refractivity contribution in [2.45, 2.75) is 12.7 Å². The van der Waals surface area contributed by atoms with Crippen LogP contribution in [0.15, 0.2) is 16.8 Å². The van der Waals surface area contributed by atoms with Crippen molar-refractivity contribution in [1.82, 2.24) is 30.8 Å². The van der Waals surface area contributed by atoms with E-state index in [1.54, 1.807) is 16.8 Å². The number of tetrazole rings is 1. The van der Waals surface area contributed by atoms with Gasteiger partial charge in [-0.2, -0.15) is 29.3 Å². The van der Waals surface area contributed by atoms with Gasteiger partial charge >= 0.3 is 12.2 Å². The summed E-state index contributed by atoms with van der Waals surface area (Å²) in [6.07, 6.45) is -4.55. The first-order valence-electron chi connectivity index (χ1n) is 5.78. The highest BCUT2D eigenvalue weighted by Gasteiger charge is 2.28. The van der Waals surface area contributed by atoms with E-state index in [1.807, 2.05) is 5.38 Å². The Morgan fingerprint density at radius 1 is 1.36 bits per heavy atom. The minimum Gasteiger partial charge on any atom is -0.329 e. The van der Waals surface area contributed by atoms with Crippen LogP contribution in [0.2, 0.25) is 0 Å². The third-order valence-corrected chi connectivity index (χ3v) is 2.90. The zero-order chi connectivity index (χ0) is 16.2. The lowest BCUT2D eigenvalue weighted by Gasteiger charge is -2.08. The summed E-state index contributed by atoms with van der Waals surface area (Å²) in [4.78, 5) is 23.5. The van der Waals surface area contributed by atoms with Gasteiger partial charge in [-0.05, 0) is 16.7 Å². The molecular weight excluding hydrogens is 325 g/mol. The second-order valence-corrected chi connectivity index (χ2v) is 4.78. The summed E-state index contributed by atoms with van der Waals surface area (Å²) >= 11 is 1.43. The predicted molar refractivity (Wildman–Crippen MR) is 68.7 cm³/mol. The normalized spacial score (nSPS) is 11.2. The number of amides is 3. The number of hydrogen-bond donors (Lipinski definition) is 2. The molecule has 0 aromatic carbocycles. The van der Waals surface area contributed by atoms with E-state index in [0.29, 0.717) is 5.82 Å². The van der Waals surface area contributed by atoms with Gasteiger partial charge in [-0.15, -0.1) is 10.2 Å². The van der Waals surface area contributed by atoms with Crippen LogP contribution >= 0.6 is 11.3 Å². The van der Waals surface area contributed by atoms with Crippen LogP contribution in [0, 0.1) is 0 Å². The van der Waals surface area contributed by atoms with Crippen molar-refractivity contribution >= 4 is 23.3 Å². The first kappa shape index (κ1) is 15.9. The Kier molecular flexibility index (Phi) is 4.70. The summed E-state index contributed by atoms with van der Waals surface area (Å²) < 4.78 is 35.6. The highest BCUT2D eigenvalue weighted by molar-refractivity contribution is 7.08. The predicted octanol–water partition coefficient (Wildman–Crippen LogP) is 0.790. The second kappa shape index (κ2) is 6.51. The van der Waals surface area contributed by atoms with Crippen LogP contribution in [0.4, 0.5) is 18.0 Å². The molecule has 0 fully saturated rings. The van der Waals surface area contributed by atoms with Crippen LogP contribution in [0.25, 0.3) is 11.4 Å². The standard InChI is InChI=1S/C10H9F3N6O2S/c11-10(12,13)5-14-9(21)15-7(20)3-19-17-8(16-18-19)6-1-2-22-4-6/h1-2,4H,3,5H2,(H2,14,15,20,21). The molecule has 8 nitrogen and oxygen atoms in total. The van der Waals surface area contributed by atoms with Gasteiger partial charge in [0.05, 0.1) is 0 Å². The van der Waals surface area contributed by atoms with Gasteiger partial charge in [0, 0.05) is 10.9 Å². The number of urea groups is 1. The van der Waals surface area contributed by atoms with Gasteiger partial charge in [-0.3, -0.25) is 10.1 Å². The van der Waals surface area contributed by atoms with Crippen molar-refractivity contribution in [2.24, 2.45) is 0 Å². The highest BCUT2D eigenvalue weighted by atomic mass is 32.1. The van der Waals surface area contributed by atoms with Gasteiger partial charge in [0.25, 0.3) is 5.91 Å². The van der Waals surface area contributed by atoms with Crippen LogP contribution in [0.3, 0.4) is 0 Å². The topological polar surface area (TPSA) is 102 Å². The fraction of sp³-hybridized carbons (Fsp3) is 0.300. The van der Waals surface area contributed by atoms with E-state index in [1.165, 1.54) is 16.7 Å². The van der Waals surface area contributed by atoms with E-state index >= 15 is 0 Å². The molecule has 0 unspecified atom stereocenters. The summed E-state index contributed by atoms with van der Waals surface area (Å²) in [5.74, 6) is -0.565. The Hall–Kier alpha value is -2.50. The number of alkyl halides is 3. The van der Waals surface area contributed by atoms with Crippen molar-refractivity contribution < 1.29 is 22.8 Å². The lowest BCUT2D eigenvalue weighted by molar-refractivity contribution is -0.125. The SMILES string of the molecule is O=C(Cn1nnc(-c2ccsc2)n1)NC(=O)NCC(F)(F)F. The van der Waals surface area contributed by atoms with E-state index in [-0.39, 0.29) is 0 Å². The largest absolute Gasteiger partial charge is 0.405 e. The number of carbonyl (C=O) groups is 2. The molecular formula is C10H9F3N6O2S. The zero-order valence-corrected chi connectivity index (χ0v) is 11.6. The Labute approximate surface area is 125 Å². The van der Waals surface area contributed by atoms with Crippen molar-refractivity contribution in [3.05, 3.63) is 16.8 Å². The molecule has 0 aliphatic carbocycles. The molecule has 22 heavy (non-hydrogen) atoms. The lowest BCUT2D eigenvalue weighted by Crippen LogP contribution is -2.44. The molecule has 3 amide bonds.